The lowest BCUT2D eigenvalue weighted by molar-refractivity contribution is 0.102. The Morgan fingerprint density at radius 1 is 1.29 bits per heavy atom. The normalized spacial score (nSPS) is 23.2. The summed E-state index contributed by atoms with van der Waals surface area (Å²) in [6, 6.07) is 1.57. The van der Waals surface area contributed by atoms with Gasteiger partial charge in [-0.05, 0) is 43.7 Å². The van der Waals surface area contributed by atoms with Gasteiger partial charge in [-0.25, -0.2) is 21.9 Å². The Labute approximate surface area is 123 Å². The van der Waals surface area contributed by atoms with E-state index >= 15 is 0 Å². The summed E-state index contributed by atoms with van der Waals surface area (Å²) in [6.07, 6.45) is 2.53. The number of nitrogens with one attached hydrogen (secondary N) is 1. The molecule has 21 heavy (non-hydrogen) atoms. The predicted molar refractivity (Wildman–Crippen MR) is 74.2 cm³/mol. The number of aryl methyl sites for hydroxylation is 1. The molecule has 1 fully saturated rings. The maximum absolute atomic E-state index is 13.7. The number of rotatable bonds is 4. The first-order valence-corrected chi connectivity index (χ1v) is 8.41. The van der Waals surface area contributed by atoms with E-state index in [-0.39, 0.29) is 18.0 Å². The largest absolute Gasteiger partial charge is 0.393 e. The SMILES string of the molecule is Cc1cc(S(=O)(=O)NCC2CCCC(O)C2)c(F)cc1F. The molecular weight excluding hydrogens is 300 g/mol. The Hall–Kier alpha value is -1.05. The minimum atomic E-state index is -4.02. The van der Waals surface area contributed by atoms with Gasteiger partial charge in [0.25, 0.3) is 0 Å². The Morgan fingerprint density at radius 3 is 2.67 bits per heavy atom. The molecular formula is C14H19F2NO3S. The quantitative estimate of drug-likeness (QED) is 0.893. The average Bonchev–Trinajstić information content (AvgIpc) is 2.41. The standard InChI is InChI=1S/C14H19F2NO3S/c1-9-5-14(13(16)7-12(9)15)21(19,20)17-8-10-3-2-4-11(18)6-10/h5,7,10-11,17-18H,2-4,6,8H2,1H3. The topological polar surface area (TPSA) is 66.4 Å². The molecule has 0 spiro atoms. The van der Waals surface area contributed by atoms with Crippen LogP contribution in [-0.4, -0.2) is 26.2 Å². The molecule has 1 aromatic carbocycles. The van der Waals surface area contributed by atoms with E-state index in [1.807, 2.05) is 0 Å². The van der Waals surface area contributed by atoms with Gasteiger partial charge >= 0.3 is 0 Å². The molecule has 2 unspecified atom stereocenters. The first kappa shape index (κ1) is 16.3. The number of halogens is 2. The molecule has 118 valence electrons. The zero-order valence-electron chi connectivity index (χ0n) is 11.8. The number of hydrogen-bond donors (Lipinski definition) is 2. The van der Waals surface area contributed by atoms with E-state index in [9.17, 15) is 22.3 Å². The van der Waals surface area contributed by atoms with Crippen molar-refractivity contribution in [3.05, 3.63) is 29.3 Å². The second kappa shape index (κ2) is 6.37. The number of hydrogen-bond acceptors (Lipinski definition) is 3. The average molecular weight is 319 g/mol. The maximum Gasteiger partial charge on any atom is 0.243 e. The minimum Gasteiger partial charge on any atom is -0.393 e. The van der Waals surface area contributed by atoms with Gasteiger partial charge in [0.05, 0.1) is 6.10 Å². The molecule has 1 aliphatic carbocycles. The zero-order valence-corrected chi connectivity index (χ0v) is 12.6. The summed E-state index contributed by atoms with van der Waals surface area (Å²) in [4.78, 5) is -0.544. The van der Waals surface area contributed by atoms with Gasteiger partial charge < -0.3 is 5.11 Å². The molecule has 0 saturated heterocycles. The molecule has 0 bridgehead atoms. The fraction of sp³-hybridized carbons (Fsp3) is 0.571. The van der Waals surface area contributed by atoms with Crippen LogP contribution in [0.15, 0.2) is 17.0 Å². The lowest BCUT2D eigenvalue weighted by Crippen LogP contribution is -2.33. The first-order valence-electron chi connectivity index (χ1n) is 6.93. The van der Waals surface area contributed by atoms with Crippen LogP contribution in [0.25, 0.3) is 0 Å². The van der Waals surface area contributed by atoms with Crippen molar-refractivity contribution in [3.8, 4) is 0 Å². The lowest BCUT2D eigenvalue weighted by Gasteiger charge is -2.25. The van der Waals surface area contributed by atoms with E-state index in [1.165, 1.54) is 6.92 Å². The van der Waals surface area contributed by atoms with Crippen molar-refractivity contribution in [3.63, 3.8) is 0 Å². The molecule has 1 aliphatic rings. The number of benzene rings is 1. The van der Waals surface area contributed by atoms with Crippen molar-refractivity contribution in [2.75, 3.05) is 6.54 Å². The molecule has 7 heteroatoms. The molecule has 2 atom stereocenters. The van der Waals surface area contributed by atoms with Crippen LogP contribution in [0, 0.1) is 24.5 Å². The highest BCUT2D eigenvalue weighted by Gasteiger charge is 2.25. The van der Waals surface area contributed by atoms with Crippen molar-refractivity contribution >= 4 is 10.0 Å². The fourth-order valence-electron chi connectivity index (χ4n) is 2.59. The van der Waals surface area contributed by atoms with Gasteiger partial charge in [0, 0.05) is 12.6 Å². The number of aliphatic hydroxyl groups is 1. The predicted octanol–water partition coefficient (Wildman–Crippen LogP) is 2.10. The van der Waals surface area contributed by atoms with Gasteiger partial charge in [-0.2, -0.15) is 0 Å². The van der Waals surface area contributed by atoms with Crippen molar-refractivity contribution < 1.29 is 22.3 Å². The minimum absolute atomic E-state index is 0.0353. The van der Waals surface area contributed by atoms with E-state index in [1.54, 1.807) is 0 Å². The van der Waals surface area contributed by atoms with Crippen LogP contribution in [0.4, 0.5) is 8.78 Å². The second-order valence-corrected chi connectivity index (χ2v) is 7.31. The highest BCUT2D eigenvalue weighted by molar-refractivity contribution is 7.89. The highest BCUT2D eigenvalue weighted by atomic mass is 32.2. The number of sulfonamides is 1. The van der Waals surface area contributed by atoms with Gasteiger partial charge in [-0.3, -0.25) is 0 Å². The molecule has 0 aromatic heterocycles. The molecule has 0 amide bonds. The molecule has 0 aliphatic heterocycles. The van der Waals surface area contributed by atoms with Crippen LogP contribution in [0.2, 0.25) is 0 Å². The highest BCUT2D eigenvalue weighted by Crippen LogP contribution is 2.24. The smallest absolute Gasteiger partial charge is 0.243 e. The second-order valence-electron chi connectivity index (χ2n) is 5.57. The Kier molecular flexibility index (Phi) is 4.95. The first-order chi connectivity index (χ1) is 9.79. The fourth-order valence-corrected chi connectivity index (χ4v) is 3.85. The van der Waals surface area contributed by atoms with Crippen LogP contribution in [0.3, 0.4) is 0 Å². The third kappa shape index (κ3) is 3.99. The zero-order chi connectivity index (χ0) is 15.6. The Morgan fingerprint density at radius 2 is 2.00 bits per heavy atom. The monoisotopic (exact) mass is 319 g/mol. The molecule has 1 aromatic rings. The van der Waals surface area contributed by atoms with Crippen molar-refractivity contribution in [1.82, 2.24) is 4.72 Å². The van der Waals surface area contributed by atoms with Gasteiger partial charge in [0.15, 0.2) is 0 Å². The van der Waals surface area contributed by atoms with Crippen LogP contribution in [-0.2, 0) is 10.0 Å². The van der Waals surface area contributed by atoms with Crippen LogP contribution < -0.4 is 4.72 Å². The van der Waals surface area contributed by atoms with Crippen molar-refractivity contribution in [1.29, 1.82) is 0 Å². The summed E-state index contributed by atoms with van der Waals surface area (Å²) in [5, 5.41) is 9.56. The van der Waals surface area contributed by atoms with E-state index in [2.05, 4.69) is 4.72 Å². The molecule has 4 nitrogen and oxygen atoms in total. The molecule has 2 rings (SSSR count). The van der Waals surface area contributed by atoms with E-state index in [4.69, 9.17) is 0 Å². The summed E-state index contributed by atoms with van der Waals surface area (Å²) in [7, 11) is -4.02. The lowest BCUT2D eigenvalue weighted by atomic mass is 9.87. The summed E-state index contributed by atoms with van der Waals surface area (Å²) in [5.41, 5.74) is 0.0739. The summed E-state index contributed by atoms with van der Waals surface area (Å²) in [5.74, 6) is -1.84. The van der Waals surface area contributed by atoms with Crippen LogP contribution in [0.5, 0.6) is 0 Å². The summed E-state index contributed by atoms with van der Waals surface area (Å²) < 4.78 is 53.4. The third-order valence-corrected chi connectivity index (χ3v) is 5.26. The van der Waals surface area contributed by atoms with E-state index in [0.29, 0.717) is 12.5 Å². The van der Waals surface area contributed by atoms with Gasteiger partial charge in [-0.1, -0.05) is 6.42 Å². The summed E-state index contributed by atoms with van der Waals surface area (Å²) >= 11 is 0. The van der Waals surface area contributed by atoms with E-state index < -0.39 is 32.7 Å². The third-order valence-electron chi connectivity index (χ3n) is 3.82. The molecule has 2 N–H and O–H groups in total. The van der Waals surface area contributed by atoms with E-state index in [0.717, 1.165) is 25.3 Å². The van der Waals surface area contributed by atoms with Gasteiger partial charge in [0.2, 0.25) is 10.0 Å². The Bertz CT molecular complexity index is 619. The molecule has 0 radical (unpaired) electrons. The molecule has 1 saturated carbocycles. The van der Waals surface area contributed by atoms with Gasteiger partial charge in [0.1, 0.15) is 16.5 Å². The summed E-state index contributed by atoms with van der Waals surface area (Å²) in [6.45, 7) is 1.53. The van der Waals surface area contributed by atoms with Crippen molar-refractivity contribution in [2.24, 2.45) is 5.92 Å². The van der Waals surface area contributed by atoms with Crippen LogP contribution in [0.1, 0.15) is 31.2 Å². The van der Waals surface area contributed by atoms with Gasteiger partial charge in [-0.15, -0.1) is 0 Å². The number of aliphatic hydroxyl groups excluding tert-OH is 1. The maximum atomic E-state index is 13.7. The van der Waals surface area contributed by atoms with Crippen LogP contribution >= 0.6 is 0 Å². The molecule has 0 heterocycles. The van der Waals surface area contributed by atoms with Crippen molar-refractivity contribution in [2.45, 2.75) is 43.6 Å². The Balaban J connectivity index is 2.10.